The molecule has 0 saturated carbocycles. The maximum Gasteiger partial charge on any atom is 0.338 e. The molecule has 3 heterocycles. The highest BCUT2D eigenvalue weighted by Crippen LogP contribution is 2.39. The molecule has 0 spiro atoms. The molecule has 19 heteroatoms. The zero-order valence-corrected chi connectivity index (χ0v) is 52.6. The fraction of sp³-hybridized carbons (Fsp3) is 0.316. The van der Waals surface area contributed by atoms with Crippen LogP contribution in [0, 0.1) is 0 Å². The van der Waals surface area contributed by atoms with Gasteiger partial charge >= 0.3 is 17.9 Å². The first kappa shape index (κ1) is 67.6. The first-order chi connectivity index (χ1) is 46.5. The number of carbonyl (C=O) groups is 4. The van der Waals surface area contributed by atoms with Crippen LogP contribution in [0.5, 0.6) is 0 Å². The lowest BCUT2D eigenvalue weighted by Gasteiger charge is -2.51. The highest BCUT2D eigenvalue weighted by molar-refractivity contribution is 5.91. The van der Waals surface area contributed by atoms with Gasteiger partial charge in [-0.2, -0.15) is 0 Å². The quantitative estimate of drug-likeness (QED) is 0.0344. The van der Waals surface area contributed by atoms with Crippen LogP contribution in [0.4, 0.5) is 0 Å². The summed E-state index contributed by atoms with van der Waals surface area (Å²) in [7, 11) is 0. The molecule has 3 saturated heterocycles. The van der Waals surface area contributed by atoms with Crippen molar-refractivity contribution in [1.82, 2.24) is 5.32 Å². The topological polar surface area (TPSA) is 221 Å². The van der Waals surface area contributed by atoms with Crippen LogP contribution in [0.2, 0.25) is 0 Å². The molecule has 0 aliphatic carbocycles. The van der Waals surface area contributed by atoms with E-state index in [1.165, 1.54) is 6.92 Å². The maximum absolute atomic E-state index is 14.6. The first-order valence-corrected chi connectivity index (χ1v) is 31.7. The predicted octanol–water partition coefficient (Wildman–Crippen LogP) is 10.3. The normalized spacial score (nSPS) is 25.7. The van der Waals surface area contributed by atoms with Crippen molar-refractivity contribution < 1.29 is 85.9 Å². The number of benzene rings is 8. The summed E-state index contributed by atoms with van der Waals surface area (Å²) < 4.78 is 88.6. The predicted molar refractivity (Wildman–Crippen MR) is 345 cm³/mol. The van der Waals surface area contributed by atoms with Crippen LogP contribution in [0.15, 0.2) is 243 Å². The average Bonchev–Trinajstić information content (AvgIpc) is 0.771. The van der Waals surface area contributed by atoms with E-state index in [0.29, 0.717) is 0 Å². The summed E-state index contributed by atoms with van der Waals surface area (Å²) in [6.45, 7) is 2.46. The molecule has 3 aliphatic rings. The number of aliphatic hydroxyl groups excluding tert-OH is 1. The summed E-state index contributed by atoms with van der Waals surface area (Å²) in [5.41, 5.74) is 4.53. The van der Waals surface area contributed by atoms with Crippen molar-refractivity contribution in [2.24, 2.45) is 0 Å². The molecule has 3 aliphatic heterocycles. The Morgan fingerprint density at radius 1 is 0.379 bits per heavy atom. The Balaban J connectivity index is 1.04. The molecule has 0 radical (unpaired) electrons. The second-order valence-electron chi connectivity index (χ2n) is 23.2. The lowest BCUT2D eigenvalue weighted by atomic mass is 9.94. The van der Waals surface area contributed by atoms with Crippen LogP contribution in [-0.4, -0.2) is 134 Å². The number of amides is 1. The monoisotopic (exact) mass is 1290 g/mol. The number of carbonyl (C=O) groups excluding carboxylic acids is 4. The highest BCUT2D eigenvalue weighted by atomic mass is 16.8. The third kappa shape index (κ3) is 18.6. The summed E-state index contributed by atoms with van der Waals surface area (Å²) in [6.07, 6.45) is -18.5. The van der Waals surface area contributed by atoms with Crippen LogP contribution in [0.1, 0.15) is 72.7 Å². The Morgan fingerprint density at radius 3 is 1.21 bits per heavy atom. The highest BCUT2D eigenvalue weighted by Gasteiger charge is 2.58. The van der Waals surface area contributed by atoms with Gasteiger partial charge < -0.3 is 72.0 Å². The van der Waals surface area contributed by atoms with E-state index in [1.807, 2.05) is 152 Å². The molecule has 0 unspecified atom stereocenters. The van der Waals surface area contributed by atoms with Crippen LogP contribution in [-0.2, 0) is 99.4 Å². The molecule has 494 valence electrons. The van der Waals surface area contributed by atoms with E-state index in [2.05, 4.69) is 5.32 Å². The Labute approximate surface area is 551 Å². The second-order valence-corrected chi connectivity index (χ2v) is 23.2. The van der Waals surface area contributed by atoms with E-state index in [1.54, 1.807) is 97.9 Å². The Hall–Kier alpha value is -8.80. The van der Waals surface area contributed by atoms with Gasteiger partial charge in [-0.25, -0.2) is 14.4 Å². The summed E-state index contributed by atoms with van der Waals surface area (Å²) in [5.74, 6) is -3.07. The Morgan fingerprint density at radius 2 is 0.747 bits per heavy atom. The van der Waals surface area contributed by atoms with Gasteiger partial charge in [-0.05, 0) is 71.1 Å². The van der Waals surface area contributed by atoms with Crippen LogP contribution in [0.25, 0.3) is 0 Å². The minimum absolute atomic E-state index is 0.0221. The molecule has 19 nitrogen and oxygen atoms in total. The Bertz CT molecular complexity index is 3570. The van der Waals surface area contributed by atoms with Gasteiger partial charge in [-0.1, -0.05) is 206 Å². The zero-order valence-electron chi connectivity index (χ0n) is 52.6. The molecule has 8 aromatic rings. The fourth-order valence-electron chi connectivity index (χ4n) is 11.6. The van der Waals surface area contributed by atoms with Crippen molar-refractivity contribution in [3.05, 3.63) is 287 Å². The number of aliphatic hydroxyl groups is 1. The van der Waals surface area contributed by atoms with Crippen LogP contribution < -0.4 is 5.32 Å². The molecule has 15 atom stereocenters. The molecule has 1 amide bonds. The number of nitrogens with one attached hydrogen (secondary N) is 1. The Kier molecular flexibility index (Phi) is 24.2. The van der Waals surface area contributed by atoms with Crippen LogP contribution >= 0.6 is 0 Å². The first-order valence-electron chi connectivity index (χ1n) is 31.7. The van der Waals surface area contributed by atoms with Crippen molar-refractivity contribution in [3.8, 4) is 0 Å². The van der Waals surface area contributed by atoms with E-state index in [-0.39, 0.29) is 56.3 Å². The van der Waals surface area contributed by atoms with Gasteiger partial charge in [0.1, 0.15) is 61.5 Å². The smallest absolute Gasteiger partial charge is 0.338 e. The van der Waals surface area contributed by atoms with Gasteiger partial charge in [0.2, 0.25) is 5.91 Å². The van der Waals surface area contributed by atoms with Gasteiger partial charge in [0.15, 0.2) is 31.1 Å². The third-order valence-corrected chi connectivity index (χ3v) is 16.4. The average molecular weight is 1290 g/mol. The summed E-state index contributed by atoms with van der Waals surface area (Å²) in [5, 5.41) is 15.0. The van der Waals surface area contributed by atoms with Crippen LogP contribution in [0.3, 0.4) is 0 Å². The van der Waals surface area contributed by atoms with Crippen molar-refractivity contribution in [1.29, 1.82) is 0 Å². The number of hydrogen-bond donors (Lipinski definition) is 2. The molecule has 0 aromatic heterocycles. The maximum atomic E-state index is 14.6. The van der Waals surface area contributed by atoms with E-state index < -0.39 is 122 Å². The van der Waals surface area contributed by atoms with Crippen molar-refractivity contribution in [3.63, 3.8) is 0 Å². The van der Waals surface area contributed by atoms with Crippen molar-refractivity contribution >= 4 is 23.8 Å². The van der Waals surface area contributed by atoms with Crippen molar-refractivity contribution in [2.45, 2.75) is 139 Å². The number of rotatable bonds is 28. The molecule has 8 aromatic carbocycles. The van der Waals surface area contributed by atoms with Gasteiger partial charge in [-0.15, -0.1) is 0 Å². The molecular weight excluding hydrogens is 1210 g/mol. The van der Waals surface area contributed by atoms with Gasteiger partial charge in [-0.3, -0.25) is 4.79 Å². The molecule has 95 heavy (non-hydrogen) atoms. The van der Waals surface area contributed by atoms with E-state index in [9.17, 15) is 24.3 Å². The van der Waals surface area contributed by atoms with E-state index in [4.69, 9.17) is 61.6 Å². The summed E-state index contributed by atoms with van der Waals surface area (Å²) >= 11 is 0. The molecule has 0 bridgehead atoms. The lowest BCUT2D eigenvalue weighted by Crippen LogP contribution is -2.70. The molecule has 2 N–H and O–H groups in total. The number of ether oxygens (including phenoxy) is 13. The van der Waals surface area contributed by atoms with Crippen molar-refractivity contribution in [2.75, 3.05) is 13.2 Å². The van der Waals surface area contributed by atoms with Gasteiger partial charge in [0.25, 0.3) is 0 Å². The standard InChI is InChI=1S/C76H77NO18/c1-50-63(84-44-53-29-13-4-14-30-53)68(69(74(82)89-50)86-46-55-33-17-6-18-34-55)95-76-70(87-47-56-35-19-7-20-36-56)67(85-45-54-31-15-5-16-32-54)65(60(91-76)48-83-43-52-27-11-3-12-28-52)94-75-62(77-51(2)78)66(93-73(81)59-41-25-10-26-42-59)64(92-72(80)58-39-23-9-24-40-58)61(90-75)49-88-71(79)57-37-21-8-22-38-57/h3-42,50,60-70,74-76,82H,43-49H2,1-2H3,(H,77,78)/t50-,60+,61+,62-,63-,64+,65+,66+,67-,68+,69+,70+,74+,75-,76-/m0/s1. The largest absolute Gasteiger partial charge is 0.459 e. The fourth-order valence-corrected chi connectivity index (χ4v) is 11.6. The minimum Gasteiger partial charge on any atom is -0.459 e. The second kappa shape index (κ2) is 34.0. The number of hydrogen-bond acceptors (Lipinski definition) is 18. The summed E-state index contributed by atoms with van der Waals surface area (Å²) in [4.78, 5) is 56.9. The third-order valence-electron chi connectivity index (χ3n) is 16.4. The van der Waals surface area contributed by atoms with E-state index >= 15 is 0 Å². The zero-order chi connectivity index (χ0) is 65.7. The van der Waals surface area contributed by atoms with E-state index in [0.717, 1.165) is 27.8 Å². The molecule has 3 fully saturated rings. The molecule has 11 rings (SSSR count). The minimum atomic E-state index is -1.70. The summed E-state index contributed by atoms with van der Waals surface area (Å²) in [6, 6.07) is 70.6. The SMILES string of the molecule is CC(=O)N[C@@H]1[C@H](O[C@H]2[C@H](OCc3ccccc3)[C@@H](OCc3ccccc3)[C@H](O[C@@H]3[C@@H](OCc4ccccc4)[C@H](C)O[C@@H](O)[C@@H]3OCc3ccccc3)O[C@@H]2COCc2ccccc2)O[C@H](COC(=O)c2ccccc2)[C@@H](OC(=O)c2ccccc2)[C@@H]1OC(=O)c1ccccc1. The van der Waals surface area contributed by atoms with Gasteiger partial charge in [0, 0.05) is 6.92 Å². The molecular formula is C76H77NO18. The number of esters is 3. The lowest BCUT2D eigenvalue weighted by molar-refractivity contribution is -0.384. The van der Waals surface area contributed by atoms with Gasteiger partial charge in [0.05, 0.1) is 62.4 Å².